The number of carbonyl (C=O) groups excluding carboxylic acids is 1. The summed E-state index contributed by atoms with van der Waals surface area (Å²) in [7, 11) is 0. The minimum Gasteiger partial charge on any atom is -0.293 e. The molecule has 0 heterocycles. The maximum atomic E-state index is 11.3. The number of ketones is 1. The molecular formula is C8H4BrClINO3. The summed E-state index contributed by atoms with van der Waals surface area (Å²) in [6, 6.07) is 2.76. The molecule has 0 fully saturated rings. The van der Waals surface area contributed by atoms with Gasteiger partial charge in [-0.2, -0.15) is 0 Å². The van der Waals surface area contributed by atoms with Crippen molar-refractivity contribution in [1.29, 1.82) is 0 Å². The Kier molecular flexibility index (Phi) is 4.47. The van der Waals surface area contributed by atoms with Crippen molar-refractivity contribution in [2.24, 2.45) is 0 Å². The van der Waals surface area contributed by atoms with Crippen LogP contribution in [0.5, 0.6) is 0 Å². The monoisotopic (exact) mass is 403 g/mol. The molecule has 0 aliphatic rings. The summed E-state index contributed by atoms with van der Waals surface area (Å²) in [5.74, 6) is -0.527. The summed E-state index contributed by atoms with van der Waals surface area (Å²) in [6.07, 6.45) is 0. The highest BCUT2D eigenvalue weighted by molar-refractivity contribution is 14.1. The van der Waals surface area contributed by atoms with Crippen molar-refractivity contribution in [3.05, 3.63) is 35.9 Å². The van der Waals surface area contributed by atoms with E-state index < -0.39 is 4.92 Å². The van der Waals surface area contributed by atoms with E-state index in [9.17, 15) is 14.9 Å². The normalized spacial score (nSPS) is 10.1. The molecule has 0 aliphatic heterocycles. The zero-order valence-corrected chi connectivity index (χ0v) is 11.7. The highest BCUT2D eigenvalue weighted by Gasteiger charge is 2.18. The van der Waals surface area contributed by atoms with Gasteiger partial charge >= 0.3 is 0 Å². The first-order valence-corrected chi connectivity index (χ1v) is 6.10. The van der Waals surface area contributed by atoms with Crippen molar-refractivity contribution in [3.8, 4) is 0 Å². The summed E-state index contributed by atoms with van der Waals surface area (Å²) < 4.78 is 0.981. The van der Waals surface area contributed by atoms with Crippen LogP contribution in [0.4, 0.5) is 5.69 Å². The van der Waals surface area contributed by atoms with Crippen LogP contribution in [0.2, 0.25) is 0 Å². The van der Waals surface area contributed by atoms with Gasteiger partial charge in [-0.25, -0.2) is 0 Å². The molecule has 15 heavy (non-hydrogen) atoms. The van der Waals surface area contributed by atoms with Gasteiger partial charge in [0.05, 0.1) is 10.8 Å². The predicted octanol–water partition coefficient (Wildman–Crippen LogP) is 3.38. The smallest absolute Gasteiger partial charge is 0.284 e. The fourth-order valence-electron chi connectivity index (χ4n) is 0.946. The van der Waals surface area contributed by atoms with Crippen LogP contribution in [0.1, 0.15) is 10.4 Å². The second-order valence-corrected chi connectivity index (χ2v) is 4.81. The fraction of sp³-hybridized carbons (Fsp3) is 0.125. The van der Waals surface area contributed by atoms with E-state index in [1.54, 1.807) is 0 Å². The van der Waals surface area contributed by atoms with Crippen molar-refractivity contribution < 1.29 is 9.72 Å². The first kappa shape index (κ1) is 12.9. The number of rotatable bonds is 3. The molecular weight excluding hydrogens is 400 g/mol. The van der Waals surface area contributed by atoms with Crippen LogP contribution in [-0.4, -0.2) is 16.6 Å². The maximum absolute atomic E-state index is 11.3. The average Bonchev–Trinajstić information content (AvgIpc) is 2.20. The topological polar surface area (TPSA) is 60.2 Å². The summed E-state index contributed by atoms with van der Waals surface area (Å²) in [6.45, 7) is 0. The van der Waals surface area contributed by atoms with Crippen LogP contribution in [0, 0.1) is 13.7 Å². The lowest BCUT2D eigenvalue weighted by molar-refractivity contribution is -0.385. The number of Topliss-reactive ketones (excluding diaryl/α,β-unsaturated/α-hetero) is 1. The van der Waals surface area contributed by atoms with Gasteiger partial charge in [0.1, 0.15) is 3.57 Å². The zero-order valence-electron chi connectivity index (χ0n) is 7.17. The minimum absolute atomic E-state index is 0.0987. The number of nitro groups is 1. The quantitative estimate of drug-likeness (QED) is 0.255. The SMILES string of the molecule is O=C(CCl)c1cc(Br)c(I)c([N+](=O)[O-])c1. The molecule has 1 aromatic rings. The van der Waals surface area contributed by atoms with Gasteiger partial charge in [-0.05, 0) is 44.6 Å². The fourth-order valence-corrected chi connectivity index (χ4v) is 2.06. The Morgan fingerprint density at radius 3 is 2.67 bits per heavy atom. The third-order valence-corrected chi connectivity index (χ3v) is 4.39. The molecule has 0 spiro atoms. The number of hydrogen-bond donors (Lipinski definition) is 0. The Balaban J connectivity index is 3.35. The molecule has 0 saturated heterocycles. The van der Waals surface area contributed by atoms with Crippen LogP contribution in [0.25, 0.3) is 0 Å². The lowest BCUT2D eigenvalue weighted by Gasteiger charge is -2.02. The van der Waals surface area contributed by atoms with E-state index in [4.69, 9.17) is 11.6 Å². The Morgan fingerprint density at radius 2 is 2.20 bits per heavy atom. The van der Waals surface area contributed by atoms with Crippen LogP contribution in [0.15, 0.2) is 16.6 Å². The van der Waals surface area contributed by atoms with E-state index >= 15 is 0 Å². The van der Waals surface area contributed by atoms with Crippen LogP contribution in [0.3, 0.4) is 0 Å². The summed E-state index contributed by atoms with van der Waals surface area (Å²) in [5.41, 5.74) is 0.141. The lowest BCUT2D eigenvalue weighted by atomic mass is 10.1. The third-order valence-electron chi connectivity index (χ3n) is 1.65. The zero-order chi connectivity index (χ0) is 11.6. The first-order chi connectivity index (χ1) is 6.97. The summed E-state index contributed by atoms with van der Waals surface area (Å²) >= 11 is 10.4. The van der Waals surface area contributed by atoms with E-state index in [0.717, 1.165) is 0 Å². The number of halogens is 3. The average molecular weight is 404 g/mol. The van der Waals surface area contributed by atoms with Crippen molar-refractivity contribution in [2.45, 2.75) is 0 Å². The van der Waals surface area contributed by atoms with E-state index in [2.05, 4.69) is 15.9 Å². The molecule has 0 bridgehead atoms. The van der Waals surface area contributed by atoms with Crippen molar-refractivity contribution >= 4 is 61.6 Å². The van der Waals surface area contributed by atoms with Gasteiger partial charge < -0.3 is 0 Å². The molecule has 0 aliphatic carbocycles. The van der Waals surface area contributed by atoms with E-state index in [1.165, 1.54) is 12.1 Å². The predicted molar refractivity (Wildman–Crippen MR) is 68.6 cm³/mol. The molecule has 0 N–H and O–H groups in total. The Bertz CT molecular complexity index is 438. The Labute approximate surface area is 112 Å². The van der Waals surface area contributed by atoms with Gasteiger partial charge in [0.15, 0.2) is 5.78 Å². The van der Waals surface area contributed by atoms with Crippen LogP contribution >= 0.6 is 50.1 Å². The molecule has 0 aromatic heterocycles. The van der Waals surface area contributed by atoms with Crippen LogP contribution < -0.4 is 0 Å². The molecule has 4 nitrogen and oxygen atoms in total. The number of benzene rings is 1. The molecule has 0 radical (unpaired) electrons. The van der Waals surface area contributed by atoms with Gasteiger partial charge in [0.2, 0.25) is 0 Å². The van der Waals surface area contributed by atoms with Crippen molar-refractivity contribution in [2.75, 3.05) is 5.88 Å². The Hall–Kier alpha value is -0.210. The van der Waals surface area contributed by atoms with E-state index in [-0.39, 0.29) is 22.9 Å². The van der Waals surface area contributed by atoms with Gasteiger partial charge in [0.25, 0.3) is 5.69 Å². The van der Waals surface area contributed by atoms with Gasteiger partial charge in [0, 0.05) is 16.1 Å². The number of carbonyl (C=O) groups is 1. The second kappa shape index (κ2) is 5.22. The largest absolute Gasteiger partial charge is 0.293 e. The second-order valence-electron chi connectivity index (χ2n) is 2.61. The van der Waals surface area contributed by atoms with E-state index in [1.807, 2.05) is 22.6 Å². The molecule has 80 valence electrons. The van der Waals surface area contributed by atoms with Gasteiger partial charge in [-0.15, -0.1) is 11.6 Å². The summed E-state index contributed by atoms with van der Waals surface area (Å²) in [4.78, 5) is 21.4. The highest BCUT2D eigenvalue weighted by atomic mass is 127. The molecule has 0 amide bonds. The van der Waals surface area contributed by atoms with Gasteiger partial charge in [-0.1, -0.05) is 0 Å². The molecule has 0 atom stereocenters. The van der Waals surface area contributed by atoms with Gasteiger partial charge in [-0.3, -0.25) is 14.9 Å². The number of nitrogens with zero attached hydrogens (tertiary/aromatic N) is 1. The highest BCUT2D eigenvalue weighted by Crippen LogP contribution is 2.30. The van der Waals surface area contributed by atoms with Crippen molar-refractivity contribution in [1.82, 2.24) is 0 Å². The number of hydrogen-bond acceptors (Lipinski definition) is 3. The third kappa shape index (κ3) is 2.88. The van der Waals surface area contributed by atoms with Crippen molar-refractivity contribution in [3.63, 3.8) is 0 Å². The standard InChI is InChI=1S/C8H4BrClINO3/c9-5-1-4(7(13)3-10)2-6(8(5)11)12(14)15/h1-2H,3H2. The molecule has 0 unspecified atom stereocenters. The number of nitro benzene ring substituents is 1. The summed E-state index contributed by atoms with van der Waals surface area (Å²) in [5, 5.41) is 10.7. The molecule has 1 aromatic carbocycles. The maximum Gasteiger partial charge on any atom is 0.284 e. The lowest BCUT2D eigenvalue weighted by Crippen LogP contribution is -2.03. The number of alkyl halides is 1. The first-order valence-electron chi connectivity index (χ1n) is 3.70. The molecule has 1 rings (SSSR count). The Morgan fingerprint density at radius 1 is 1.60 bits per heavy atom. The van der Waals surface area contributed by atoms with E-state index in [0.29, 0.717) is 8.04 Å². The minimum atomic E-state index is -0.530. The molecule has 7 heteroatoms. The van der Waals surface area contributed by atoms with Crippen LogP contribution in [-0.2, 0) is 0 Å². The molecule has 0 saturated carbocycles.